The lowest BCUT2D eigenvalue weighted by molar-refractivity contribution is -0.310. The number of carboxylic acid groups (broad SMARTS) is 1. The third-order valence-corrected chi connectivity index (χ3v) is 5.87. The van der Waals surface area contributed by atoms with Gasteiger partial charge in [0.05, 0.1) is 25.7 Å². The quantitative estimate of drug-likeness (QED) is 0.722. The second-order valence-corrected chi connectivity index (χ2v) is 7.60. The van der Waals surface area contributed by atoms with Crippen molar-refractivity contribution in [3.63, 3.8) is 0 Å². The summed E-state index contributed by atoms with van der Waals surface area (Å²) in [6, 6.07) is 5.36. The molecule has 2 heterocycles. The van der Waals surface area contributed by atoms with Crippen molar-refractivity contribution < 1.29 is 29.0 Å². The molecule has 4 rings (SSSR count). The number of amides is 2. The maximum atomic E-state index is 13.2. The van der Waals surface area contributed by atoms with Crippen LogP contribution in [0.1, 0.15) is 36.0 Å². The van der Waals surface area contributed by atoms with Gasteiger partial charge in [0, 0.05) is 37.4 Å². The lowest BCUT2D eigenvalue weighted by atomic mass is 9.96. The molecule has 0 radical (unpaired) electrons. The standard InChI is InChI=1S/C20H24N2O6/c1-27-15-6-4-14(5-7-15)18(24)22-16(19(25)26)12-28-20(22)8-10-21(11-9-20)17(23)13-2-3-13/h4-7,13,16H,2-3,8-12H2,1H3,(H,25,26)/p-1/t16-/m0/s1. The average Bonchev–Trinajstić information content (AvgIpc) is 3.50. The Labute approximate surface area is 163 Å². The van der Waals surface area contributed by atoms with Gasteiger partial charge in [0.25, 0.3) is 5.91 Å². The van der Waals surface area contributed by atoms with E-state index < -0.39 is 23.6 Å². The summed E-state index contributed by atoms with van der Waals surface area (Å²) in [6.45, 7) is 0.782. The monoisotopic (exact) mass is 387 g/mol. The number of nitrogens with zero attached hydrogens (tertiary/aromatic N) is 2. The van der Waals surface area contributed by atoms with Crippen LogP contribution in [0, 0.1) is 5.92 Å². The van der Waals surface area contributed by atoms with E-state index in [1.807, 2.05) is 0 Å². The van der Waals surface area contributed by atoms with Crippen LogP contribution in [0.5, 0.6) is 5.75 Å². The molecule has 1 saturated carbocycles. The fraction of sp³-hybridized carbons (Fsp3) is 0.550. The number of hydrogen-bond acceptors (Lipinski definition) is 6. The predicted octanol–water partition coefficient (Wildman–Crippen LogP) is 0.0148. The number of methoxy groups -OCH3 is 1. The van der Waals surface area contributed by atoms with E-state index in [1.165, 1.54) is 12.0 Å². The van der Waals surface area contributed by atoms with E-state index in [2.05, 4.69) is 0 Å². The zero-order valence-electron chi connectivity index (χ0n) is 15.8. The Kier molecular flexibility index (Phi) is 4.74. The normalized spacial score (nSPS) is 23.7. The Morgan fingerprint density at radius 2 is 1.79 bits per heavy atom. The second-order valence-electron chi connectivity index (χ2n) is 7.60. The van der Waals surface area contributed by atoms with Crippen LogP contribution in [-0.4, -0.2) is 66.2 Å². The smallest absolute Gasteiger partial charge is 0.256 e. The molecule has 28 heavy (non-hydrogen) atoms. The van der Waals surface area contributed by atoms with Crippen LogP contribution in [0.25, 0.3) is 0 Å². The lowest BCUT2D eigenvalue weighted by Gasteiger charge is -2.45. The number of hydrogen-bond donors (Lipinski definition) is 0. The van der Waals surface area contributed by atoms with Crippen molar-refractivity contribution in [3.05, 3.63) is 29.8 Å². The first-order chi connectivity index (χ1) is 13.4. The van der Waals surface area contributed by atoms with Gasteiger partial charge in [-0.2, -0.15) is 0 Å². The minimum absolute atomic E-state index is 0.110. The Hall–Kier alpha value is -2.61. The van der Waals surface area contributed by atoms with Crippen LogP contribution in [-0.2, 0) is 14.3 Å². The van der Waals surface area contributed by atoms with Gasteiger partial charge >= 0.3 is 0 Å². The van der Waals surface area contributed by atoms with E-state index in [0.717, 1.165) is 12.8 Å². The maximum Gasteiger partial charge on any atom is 0.256 e. The number of carbonyl (C=O) groups excluding carboxylic acids is 3. The van der Waals surface area contributed by atoms with E-state index in [9.17, 15) is 19.5 Å². The molecule has 3 aliphatic rings. The van der Waals surface area contributed by atoms with Crippen LogP contribution in [0.2, 0.25) is 0 Å². The van der Waals surface area contributed by atoms with Crippen LogP contribution in [0.4, 0.5) is 0 Å². The van der Waals surface area contributed by atoms with E-state index in [0.29, 0.717) is 37.2 Å². The van der Waals surface area contributed by atoms with Crippen molar-refractivity contribution in [2.75, 3.05) is 26.8 Å². The van der Waals surface area contributed by atoms with Crippen LogP contribution < -0.4 is 9.84 Å². The number of carbonyl (C=O) groups is 3. The molecule has 0 unspecified atom stereocenters. The highest BCUT2D eigenvalue weighted by atomic mass is 16.5. The number of likely N-dealkylation sites (tertiary alicyclic amines) is 1. The molecule has 0 bridgehead atoms. The van der Waals surface area contributed by atoms with Gasteiger partial charge in [-0.25, -0.2) is 0 Å². The summed E-state index contributed by atoms with van der Waals surface area (Å²) in [5.74, 6) is -0.872. The van der Waals surface area contributed by atoms with Gasteiger partial charge in [0.1, 0.15) is 11.5 Å². The van der Waals surface area contributed by atoms with Gasteiger partial charge in [-0.05, 0) is 37.1 Å². The topological polar surface area (TPSA) is 99.2 Å². The minimum atomic E-state index is -1.34. The van der Waals surface area contributed by atoms with Crippen molar-refractivity contribution >= 4 is 17.8 Å². The summed E-state index contributed by atoms with van der Waals surface area (Å²) < 4.78 is 11.0. The molecule has 1 atom stereocenters. The van der Waals surface area contributed by atoms with Gasteiger partial charge in [-0.1, -0.05) is 0 Å². The third-order valence-electron chi connectivity index (χ3n) is 5.87. The van der Waals surface area contributed by atoms with Crippen LogP contribution in [0.3, 0.4) is 0 Å². The minimum Gasteiger partial charge on any atom is -0.548 e. The molecule has 0 N–H and O–H groups in total. The summed E-state index contributed by atoms with van der Waals surface area (Å²) >= 11 is 0. The zero-order chi connectivity index (χ0) is 19.9. The SMILES string of the molecule is COc1ccc(C(=O)N2[C@H](C(=O)[O-])COC23CCN(C(=O)C2CC2)CC3)cc1. The number of ether oxygens (including phenoxy) is 2. The highest BCUT2D eigenvalue weighted by Crippen LogP contribution is 2.40. The maximum absolute atomic E-state index is 13.2. The van der Waals surface area contributed by atoms with E-state index in [-0.39, 0.29) is 18.4 Å². The van der Waals surface area contributed by atoms with Crippen molar-refractivity contribution in [2.24, 2.45) is 5.92 Å². The molecular formula is C20H23N2O6-. The largest absolute Gasteiger partial charge is 0.548 e. The van der Waals surface area contributed by atoms with Crippen LogP contribution >= 0.6 is 0 Å². The number of benzene rings is 1. The predicted molar refractivity (Wildman–Crippen MR) is 95.2 cm³/mol. The number of carboxylic acids is 1. The molecule has 8 heteroatoms. The summed E-state index contributed by atoms with van der Waals surface area (Å²) in [6.07, 6.45) is 2.64. The summed E-state index contributed by atoms with van der Waals surface area (Å²) in [4.78, 5) is 40.3. The molecule has 2 amide bonds. The molecule has 1 aromatic carbocycles. The van der Waals surface area contributed by atoms with Gasteiger partial charge in [-0.3, -0.25) is 14.5 Å². The fourth-order valence-electron chi connectivity index (χ4n) is 4.09. The Balaban J connectivity index is 1.56. The molecular weight excluding hydrogens is 364 g/mol. The molecule has 1 spiro atoms. The molecule has 3 fully saturated rings. The van der Waals surface area contributed by atoms with Gasteiger partial charge in [-0.15, -0.1) is 0 Å². The average molecular weight is 387 g/mol. The Bertz CT molecular complexity index is 780. The van der Waals surface area contributed by atoms with Crippen molar-refractivity contribution in [3.8, 4) is 5.75 Å². The first-order valence-corrected chi connectivity index (χ1v) is 9.56. The molecule has 1 aromatic rings. The number of aliphatic carboxylic acids is 1. The summed E-state index contributed by atoms with van der Waals surface area (Å²) in [7, 11) is 1.53. The van der Waals surface area contributed by atoms with Gasteiger partial charge in [0.15, 0.2) is 0 Å². The van der Waals surface area contributed by atoms with Crippen LogP contribution in [0.15, 0.2) is 24.3 Å². The lowest BCUT2D eigenvalue weighted by Crippen LogP contribution is -2.60. The van der Waals surface area contributed by atoms with Gasteiger partial charge in [0.2, 0.25) is 5.91 Å². The van der Waals surface area contributed by atoms with E-state index in [1.54, 1.807) is 29.2 Å². The molecule has 8 nitrogen and oxygen atoms in total. The molecule has 2 saturated heterocycles. The Morgan fingerprint density at radius 1 is 1.14 bits per heavy atom. The zero-order valence-corrected chi connectivity index (χ0v) is 15.8. The second kappa shape index (κ2) is 7.09. The van der Waals surface area contributed by atoms with Gasteiger partial charge < -0.3 is 24.3 Å². The summed E-state index contributed by atoms with van der Waals surface area (Å²) in [5.41, 5.74) is -0.671. The first-order valence-electron chi connectivity index (χ1n) is 9.56. The third kappa shape index (κ3) is 3.22. The molecule has 1 aliphatic carbocycles. The van der Waals surface area contributed by atoms with Crippen molar-refractivity contribution in [1.29, 1.82) is 0 Å². The number of rotatable bonds is 4. The molecule has 0 aromatic heterocycles. The highest BCUT2D eigenvalue weighted by Gasteiger charge is 2.53. The van der Waals surface area contributed by atoms with Crippen molar-refractivity contribution in [2.45, 2.75) is 37.5 Å². The summed E-state index contributed by atoms with van der Waals surface area (Å²) in [5, 5.41) is 11.7. The molecule has 2 aliphatic heterocycles. The molecule has 150 valence electrons. The van der Waals surface area contributed by atoms with E-state index >= 15 is 0 Å². The first kappa shape index (κ1) is 18.7. The highest BCUT2D eigenvalue weighted by molar-refractivity contribution is 5.97. The Morgan fingerprint density at radius 3 is 2.32 bits per heavy atom. The number of piperidine rings is 1. The van der Waals surface area contributed by atoms with Crippen molar-refractivity contribution in [1.82, 2.24) is 9.80 Å². The fourth-order valence-corrected chi connectivity index (χ4v) is 4.09. The van der Waals surface area contributed by atoms with E-state index in [4.69, 9.17) is 9.47 Å².